The number of nitriles is 1. The van der Waals surface area contributed by atoms with E-state index in [1.807, 2.05) is 0 Å². The van der Waals surface area contributed by atoms with Crippen LogP contribution in [0.4, 0.5) is 14.5 Å². The van der Waals surface area contributed by atoms with E-state index in [0.717, 1.165) is 6.07 Å². The molecule has 0 bridgehead atoms. The highest BCUT2D eigenvalue weighted by molar-refractivity contribution is 5.94. The Morgan fingerprint density at radius 2 is 2.35 bits per heavy atom. The molecule has 5 nitrogen and oxygen atoms in total. The number of nitrogens with zero attached hydrogens (tertiary/aromatic N) is 2. The second kappa shape index (κ2) is 5.21. The Balaban J connectivity index is 3.33. The molecule has 1 rings (SSSR count). The summed E-state index contributed by atoms with van der Waals surface area (Å²) in [7, 11) is 0. The molecule has 0 aliphatic rings. The Morgan fingerprint density at radius 1 is 1.71 bits per heavy atom. The molecule has 0 saturated heterocycles. The maximum absolute atomic E-state index is 12.5. The van der Waals surface area contributed by atoms with Crippen molar-refractivity contribution in [2.24, 2.45) is 0 Å². The van der Waals surface area contributed by atoms with E-state index in [2.05, 4.69) is 9.72 Å². The predicted octanol–water partition coefficient (Wildman–Crippen LogP) is 1.65. The van der Waals surface area contributed by atoms with Crippen molar-refractivity contribution in [2.75, 3.05) is 12.3 Å². The van der Waals surface area contributed by atoms with Crippen LogP contribution < -0.4 is 5.73 Å². The van der Waals surface area contributed by atoms with E-state index in [1.165, 1.54) is 0 Å². The summed E-state index contributed by atoms with van der Waals surface area (Å²) in [4.78, 5) is 14.8. The molecule has 0 radical (unpaired) electrons. The Kier molecular flexibility index (Phi) is 3.93. The molecule has 0 saturated carbocycles. The summed E-state index contributed by atoms with van der Waals surface area (Å²) in [6, 6.07) is 2.47. The second-order valence-corrected chi connectivity index (χ2v) is 2.99. The number of nitrogens with two attached hydrogens (primary N) is 1. The summed E-state index contributed by atoms with van der Waals surface area (Å²) in [5.74, 6) is -0.927. The SMILES string of the molecule is CCOC(=O)c1nc(C(F)F)cc(C#N)c1N. The zero-order chi connectivity index (χ0) is 13.0. The number of pyridine rings is 1. The zero-order valence-corrected chi connectivity index (χ0v) is 8.91. The highest BCUT2D eigenvalue weighted by Crippen LogP contribution is 2.23. The van der Waals surface area contributed by atoms with Crippen molar-refractivity contribution in [3.8, 4) is 6.07 Å². The Labute approximate surface area is 95.8 Å². The van der Waals surface area contributed by atoms with Crippen LogP contribution in [0.3, 0.4) is 0 Å². The molecule has 1 heterocycles. The van der Waals surface area contributed by atoms with Gasteiger partial charge in [-0.2, -0.15) is 5.26 Å². The first-order valence-corrected chi connectivity index (χ1v) is 4.67. The Morgan fingerprint density at radius 3 is 2.82 bits per heavy atom. The molecule has 0 aliphatic carbocycles. The van der Waals surface area contributed by atoms with Crippen molar-refractivity contribution < 1.29 is 18.3 Å². The molecule has 0 spiro atoms. The molecule has 1 aromatic heterocycles. The standard InChI is InChI=1S/C10H9F2N3O2/c1-2-17-10(16)8-7(14)5(4-13)3-6(15-8)9(11)12/h3,9H,2,14H2,1H3. The van der Waals surface area contributed by atoms with Gasteiger partial charge in [-0.3, -0.25) is 0 Å². The number of carbonyl (C=O) groups is 1. The number of anilines is 1. The maximum atomic E-state index is 12.5. The minimum absolute atomic E-state index is 0.0563. The molecule has 0 atom stereocenters. The van der Waals surface area contributed by atoms with Crippen LogP contribution in [-0.2, 0) is 4.74 Å². The smallest absolute Gasteiger partial charge is 0.359 e. The molecular formula is C10H9F2N3O2. The second-order valence-electron chi connectivity index (χ2n) is 2.99. The molecule has 17 heavy (non-hydrogen) atoms. The van der Waals surface area contributed by atoms with E-state index >= 15 is 0 Å². The maximum Gasteiger partial charge on any atom is 0.359 e. The van der Waals surface area contributed by atoms with Crippen molar-refractivity contribution in [3.05, 3.63) is 23.0 Å². The molecule has 0 unspecified atom stereocenters. The van der Waals surface area contributed by atoms with Crippen LogP contribution in [-0.4, -0.2) is 17.6 Å². The van der Waals surface area contributed by atoms with E-state index in [1.54, 1.807) is 13.0 Å². The summed E-state index contributed by atoms with van der Waals surface area (Å²) in [5.41, 5.74) is 3.85. The molecule has 0 aromatic carbocycles. The minimum Gasteiger partial charge on any atom is -0.461 e. The fourth-order valence-electron chi connectivity index (χ4n) is 1.13. The fourth-order valence-corrected chi connectivity index (χ4v) is 1.13. The van der Waals surface area contributed by atoms with Crippen LogP contribution in [0.2, 0.25) is 0 Å². The van der Waals surface area contributed by atoms with Gasteiger partial charge in [-0.15, -0.1) is 0 Å². The molecule has 0 amide bonds. The average Bonchev–Trinajstić information content (AvgIpc) is 2.29. The molecule has 0 aliphatic heterocycles. The van der Waals surface area contributed by atoms with Gasteiger partial charge < -0.3 is 10.5 Å². The Hall–Kier alpha value is -2.23. The lowest BCUT2D eigenvalue weighted by molar-refractivity contribution is 0.0519. The van der Waals surface area contributed by atoms with Gasteiger partial charge in [0, 0.05) is 0 Å². The molecule has 0 fully saturated rings. The third-order valence-corrected chi connectivity index (χ3v) is 1.89. The van der Waals surface area contributed by atoms with E-state index < -0.39 is 23.8 Å². The quantitative estimate of drug-likeness (QED) is 0.812. The number of hydrogen-bond acceptors (Lipinski definition) is 5. The fraction of sp³-hybridized carbons (Fsp3) is 0.300. The van der Waals surface area contributed by atoms with Crippen molar-refractivity contribution in [1.29, 1.82) is 5.26 Å². The molecule has 7 heteroatoms. The summed E-state index contributed by atoms with van der Waals surface area (Å²) in [6.07, 6.45) is -2.89. The molecule has 1 aromatic rings. The van der Waals surface area contributed by atoms with Gasteiger partial charge in [0.15, 0.2) is 5.69 Å². The Bertz CT molecular complexity index is 483. The van der Waals surface area contributed by atoms with Gasteiger partial charge in [0.05, 0.1) is 17.9 Å². The van der Waals surface area contributed by atoms with E-state index in [9.17, 15) is 13.6 Å². The van der Waals surface area contributed by atoms with Gasteiger partial charge in [-0.25, -0.2) is 18.6 Å². The number of alkyl halides is 2. The third kappa shape index (κ3) is 2.66. The summed E-state index contributed by atoms with van der Waals surface area (Å²) >= 11 is 0. The summed E-state index contributed by atoms with van der Waals surface area (Å²) in [6.45, 7) is 1.61. The number of halogens is 2. The van der Waals surface area contributed by atoms with Gasteiger partial charge >= 0.3 is 5.97 Å². The summed E-state index contributed by atoms with van der Waals surface area (Å²) < 4.78 is 29.6. The number of esters is 1. The van der Waals surface area contributed by atoms with E-state index in [0.29, 0.717) is 0 Å². The van der Waals surface area contributed by atoms with Crippen LogP contribution in [0.1, 0.15) is 35.1 Å². The first-order chi connectivity index (χ1) is 8.01. The lowest BCUT2D eigenvalue weighted by atomic mass is 10.1. The lowest BCUT2D eigenvalue weighted by Crippen LogP contribution is -2.13. The summed E-state index contributed by atoms with van der Waals surface area (Å²) in [5, 5.41) is 8.71. The van der Waals surface area contributed by atoms with Gasteiger partial charge in [-0.1, -0.05) is 0 Å². The van der Waals surface area contributed by atoms with Gasteiger partial charge in [0.2, 0.25) is 0 Å². The number of rotatable bonds is 3. The molecule has 2 N–H and O–H groups in total. The first kappa shape index (κ1) is 12.8. The highest BCUT2D eigenvalue weighted by atomic mass is 19.3. The number of aromatic nitrogens is 1. The van der Waals surface area contributed by atoms with Crippen LogP contribution in [0.25, 0.3) is 0 Å². The van der Waals surface area contributed by atoms with Crippen LogP contribution in [0.15, 0.2) is 6.07 Å². The van der Waals surface area contributed by atoms with Crippen molar-refractivity contribution in [3.63, 3.8) is 0 Å². The average molecular weight is 241 g/mol. The monoisotopic (exact) mass is 241 g/mol. The number of ether oxygens (including phenoxy) is 1. The van der Waals surface area contributed by atoms with E-state index in [-0.39, 0.29) is 17.9 Å². The topological polar surface area (TPSA) is 89.0 Å². The predicted molar refractivity (Wildman–Crippen MR) is 54.3 cm³/mol. The highest BCUT2D eigenvalue weighted by Gasteiger charge is 2.21. The number of hydrogen-bond donors (Lipinski definition) is 1. The van der Waals surface area contributed by atoms with Gasteiger partial charge in [0.1, 0.15) is 11.8 Å². The van der Waals surface area contributed by atoms with Gasteiger partial charge in [-0.05, 0) is 13.0 Å². The van der Waals surface area contributed by atoms with E-state index in [4.69, 9.17) is 11.0 Å². The van der Waals surface area contributed by atoms with Crippen molar-refractivity contribution in [1.82, 2.24) is 4.98 Å². The molecular weight excluding hydrogens is 232 g/mol. The minimum atomic E-state index is -2.89. The lowest BCUT2D eigenvalue weighted by Gasteiger charge is -2.08. The normalized spacial score (nSPS) is 10.1. The van der Waals surface area contributed by atoms with Crippen LogP contribution in [0.5, 0.6) is 0 Å². The van der Waals surface area contributed by atoms with Crippen LogP contribution >= 0.6 is 0 Å². The number of carbonyl (C=O) groups excluding carboxylic acids is 1. The van der Waals surface area contributed by atoms with Crippen molar-refractivity contribution in [2.45, 2.75) is 13.3 Å². The first-order valence-electron chi connectivity index (χ1n) is 4.67. The van der Waals surface area contributed by atoms with Crippen LogP contribution in [0, 0.1) is 11.3 Å². The third-order valence-electron chi connectivity index (χ3n) is 1.89. The zero-order valence-electron chi connectivity index (χ0n) is 8.91. The number of nitrogen functional groups attached to an aromatic ring is 1. The largest absolute Gasteiger partial charge is 0.461 e. The van der Waals surface area contributed by atoms with Gasteiger partial charge in [0.25, 0.3) is 6.43 Å². The van der Waals surface area contributed by atoms with Crippen molar-refractivity contribution >= 4 is 11.7 Å². The molecule has 90 valence electrons.